The number of amides is 3. The molecule has 0 saturated heterocycles. The Hall–Kier alpha value is -3.75. The van der Waals surface area contributed by atoms with E-state index in [9.17, 15) is 14.4 Å². The molecule has 9 nitrogen and oxygen atoms in total. The smallest absolute Gasteiger partial charge is 0.340 e. The Balaban J connectivity index is 1.31. The molecule has 1 aliphatic carbocycles. The molecule has 1 fully saturated rings. The van der Waals surface area contributed by atoms with Gasteiger partial charge in [0.1, 0.15) is 0 Å². The molecular formula is C21H21N5O4. The first kappa shape index (κ1) is 19.6. The van der Waals surface area contributed by atoms with Gasteiger partial charge in [-0.15, -0.1) is 0 Å². The topological polar surface area (TPSA) is 115 Å². The van der Waals surface area contributed by atoms with E-state index < -0.39 is 24.5 Å². The van der Waals surface area contributed by atoms with Gasteiger partial charge in [-0.05, 0) is 31.0 Å². The van der Waals surface area contributed by atoms with Gasteiger partial charge in [0, 0.05) is 17.3 Å². The second kappa shape index (κ2) is 8.73. The number of benzene rings is 1. The molecule has 4 rings (SSSR count). The van der Waals surface area contributed by atoms with Crippen molar-refractivity contribution < 1.29 is 19.1 Å². The van der Waals surface area contributed by atoms with Crippen molar-refractivity contribution in [3.63, 3.8) is 0 Å². The molecule has 0 aliphatic heterocycles. The fourth-order valence-corrected chi connectivity index (χ4v) is 3.53. The van der Waals surface area contributed by atoms with Crippen LogP contribution in [0.25, 0.3) is 11.0 Å². The third-order valence-corrected chi connectivity index (χ3v) is 4.96. The molecule has 30 heavy (non-hydrogen) atoms. The molecular weight excluding hydrogens is 386 g/mol. The minimum Gasteiger partial charge on any atom is -0.452 e. The highest BCUT2D eigenvalue weighted by atomic mass is 16.5. The number of hydrogen-bond donors (Lipinski definition) is 2. The van der Waals surface area contributed by atoms with Gasteiger partial charge in [0.05, 0.1) is 17.8 Å². The van der Waals surface area contributed by atoms with Gasteiger partial charge in [0.25, 0.3) is 5.91 Å². The lowest BCUT2D eigenvalue weighted by Gasteiger charge is -2.10. The highest BCUT2D eigenvalue weighted by molar-refractivity contribution is 6.02. The average Bonchev–Trinajstić information content (AvgIpc) is 3.41. The summed E-state index contributed by atoms with van der Waals surface area (Å²) in [5.41, 5.74) is 1.49. The van der Waals surface area contributed by atoms with E-state index in [4.69, 9.17) is 4.74 Å². The van der Waals surface area contributed by atoms with Crippen LogP contribution in [0, 0.1) is 0 Å². The number of rotatable bonds is 5. The number of hydrogen-bond acceptors (Lipinski definition) is 6. The maximum absolute atomic E-state index is 12.3. The van der Waals surface area contributed by atoms with E-state index in [0.29, 0.717) is 11.7 Å². The van der Waals surface area contributed by atoms with Crippen LogP contribution in [0.4, 0.5) is 10.5 Å². The fourth-order valence-electron chi connectivity index (χ4n) is 3.53. The monoisotopic (exact) mass is 407 g/mol. The first-order chi connectivity index (χ1) is 14.6. The number of carbonyl (C=O) groups is 3. The van der Waals surface area contributed by atoms with Crippen LogP contribution < -0.4 is 10.6 Å². The molecule has 0 unspecified atom stereocenters. The van der Waals surface area contributed by atoms with Crippen LogP contribution in [0.15, 0.2) is 48.8 Å². The SMILES string of the molecule is O=C(COC(=O)c1cnc2c(cnn2C2CCCC2)c1)NC(=O)Nc1ccccc1. The Morgan fingerprint density at radius 3 is 2.63 bits per heavy atom. The maximum atomic E-state index is 12.3. The van der Waals surface area contributed by atoms with Crippen LogP contribution >= 0.6 is 0 Å². The molecule has 3 aromatic rings. The van der Waals surface area contributed by atoms with Crippen LogP contribution in [0.3, 0.4) is 0 Å². The number of imide groups is 1. The minimum atomic E-state index is -0.736. The number of para-hydroxylation sites is 1. The quantitative estimate of drug-likeness (QED) is 0.628. The number of esters is 1. The van der Waals surface area contributed by atoms with Gasteiger partial charge in [0.2, 0.25) is 0 Å². The number of anilines is 1. The van der Waals surface area contributed by atoms with Crippen molar-refractivity contribution in [2.24, 2.45) is 0 Å². The molecule has 9 heteroatoms. The molecule has 1 aromatic carbocycles. The highest BCUT2D eigenvalue weighted by Gasteiger charge is 2.21. The zero-order valence-corrected chi connectivity index (χ0v) is 16.2. The van der Waals surface area contributed by atoms with Crippen LogP contribution in [-0.2, 0) is 9.53 Å². The number of fused-ring (bicyclic) bond motifs is 1. The molecule has 0 bridgehead atoms. The second-order valence-corrected chi connectivity index (χ2v) is 7.11. The third-order valence-electron chi connectivity index (χ3n) is 4.96. The van der Waals surface area contributed by atoms with E-state index in [-0.39, 0.29) is 5.56 Å². The van der Waals surface area contributed by atoms with Crippen molar-refractivity contribution in [1.29, 1.82) is 0 Å². The Labute approximate surface area is 172 Å². The summed E-state index contributed by atoms with van der Waals surface area (Å²) in [6.45, 7) is -0.583. The molecule has 2 aromatic heterocycles. The predicted molar refractivity (Wildman–Crippen MR) is 109 cm³/mol. The molecule has 0 radical (unpaired) electrons. The summed E-state index contributed by atoms with van der Waals surface area (Å²) in [5.74, 6) is -1.43. The number of ether oxygens (including phenoxy) is 1. The summed E-state index contributed by atoms with van der Waals surface area (Å²) in [6, 6.07) is 9.96. The first-order valence-electron chi connectivity index (χ1n) is 9.76. The lowest BCUT2D eigenvalue weighted by molar-refractivity contribution is -0.123. The number of nitrogens with one attached hydrogen (secondary N) is 2. The normalized spacial score (nSPS) is 13.9. The molecule has 2 N–H and O–H groups in total. The molecule has 3 amide bonds. The number of carbonyl (C=O) groups excluding carboxylic acids is 3. The van der Waals surface area contributed by atoms with E-state index in [0.717, 1.165) is 23.9 Å². The third kappa shape index (κ3) is 4.45. The predicted octanol–water partition coefficient (Wildman–Crippen LogP) is 3.05. The van der Waals surface area contributed by atoms with Gasteiger partial charge in [0.15, 0.2) is 12.3 Å². The van der Waals surface area contributed by atoms with E-state index in [1.165, 1.54) is 19.0 Å². The van der Waals surface area contributed by atoms with E-state index in [1.807, 2.05) is 4.68 Å². The summed E-state index contributed by atoms with van der Waals surface area (Å²) < 4.78 is 6.91. The van der Waals surface area contributed by atoms with Gasteiger partial charge in [-0.1, -0.05) is 31.0 Å². The second-order valence-electron chi connectivity index (χ2n) is 7.11. The van der Waals surface area contributed by atoms with Crippen molar-refractivity contribution in [3.05, 3.63) is 54.4 Å². The summed E-state index contributed by atoms with van der Waals surface area (Å²) in [7, 11) is 0. The largest absolute Gasteiger partial charge is 0.452 e. The Bertz CT molecular complexity index is 1070. The van der Waals surface area contributed by atoms with Gasteiger partial charge in [-0.3, -0.25) is 10.1 Å². The lowest BCUT2D eigenvalue weighted by atomic mass is 10.2. The zero-order valence-electron chi connectivity index (χ0n) is 16.2. The molecule has 1 saturated carbocycles. The van der Waals surface area contributed by atoms with Crippen LogP contribution in [-0.4, -0.2) is 39.3 Å². The van der Waals surface area contributed by atoms with Crippen molar-refractivity contribution in [2.75, 3.05) is 11.9 Å². The summed E-state index contributed by atoms with van der Waals surface area (Å²) in [6.07, 6.45) is 7.62. The van der Waals surface area contributed by atoms with E-state index >= 15 is 0 Å². The molecule has 0 spiro atoms. The van der Waals surface area contributed by atoms with Gasteiger partial charge >= 0.3 is 12.0 Å². The summed E-state index contributed by atoms with van der Waals surface area (Å²) in [5, 5.41) is 9.76. The van der Waals surface area contributed by atoms with Crippen molar-refractivity contribution in [2.45, 2.75) is 31.7 Å². The minimum absolute atomic E-state index is 0.218. The van der Waals surface area contributed by atoms with Gasteiger partial charge in [-0.2, -0.15) is 5.10 Å². The van der Waals surface area contributed by atoms with Crippen LogP contribution in [0.2, 0.25) is 0 Å². The number of pyridine rings is 1. The van der Waals surface area contributed by atoms with Crippen LogP contribution in [0.5, 0.6) is 0 Å². The van der Waals surface area contributed by atoms with Gasteiger partial charge < -0.3 is 10.1 Å². The Kier molecular flexibility index (Phi) is 5.69. The standard InChI is InChI=1S/C21H21N5O4/c27-18(25-21(29)24-16-6-2-1-3-7-16)13-30-20(28)15-10-14-12-23-26(19(14)22-11-15)17-8-4-5-9-17/h1-3,6-7,10-12,17H,4-5,8-9,13H2,(H2,24,25,27,29). The first-order valence-corrected chi connectivity index (χ1v) is 9.76. The lowest BCUT2D eigenvalue weighted by Crippen LogP contribution is -2.37. The molecule has 0 atom stereocenters. The molecule has 2 heterocycles. The van der Waals surface area contributed by atoms with Gasteiger partial charge in [-0.25, -0.2) is 19.3 Å². The van der Waals surface area contributed by atoms with Crippen molar-refractivity contribution in [3.8, 4) is 0 Å². The number of urea groups is 1. The summed E-state index contributed by atoms with van der Waals surface area (Å²) >= 11 is 0. The maximum Gasteiger partial charge on any atom is 0.340 e. The Morgan fingerprint density at radius 1 is 1.10 bits per heavy atom. The number of nitrogens with zero attached hydrogens (tertiary/aromatic N) is 3. The summed E-state index contributed by atoms with van der Waals surface area (Å²) in [4.78, 5) is 40.3. The van der Waals surface area contributed by atoms with E-state index in [1.54, 1.807) is 42.6 Å². The Morgan fingerprint density at radius 2 is 1.87 bits per heavy atom. The number of aromatic nitrogens is 3. The molecule has 154 valence electrons. The zero-order chi connectivity index (χ0) is 20.9. The van der Waals surface area contributed by atoms with E-state index in [2.05, 4.69) is 20.7 Å². The van der Waals surface area contributed by atoms with Crippen LogP contribution in [0.1, 0.15) is 42.1 Å². The highest BCUT2D eigenvalue weighted by Crippen LogP contribution is 2.31. The van der Waals surface area contributed by atoms with Crippen molar-refractivity contribution >= 4 is 34.6 Å². The average molecular weight is 407 g/mol. The fraction of sp³-hybridized carbons (Fsp3) is 0.286. The van der Waals surface area contributed by atoms with Crippen molar-refractivity contribution in [1.82, 2.24) is 20.1 Å². The molecule has 1 aliphatic rings.